The zero-order valence-electron chi connectivity index (χ0n) is 20.0. The standard InChI is InChI=1S/C27H32Cl2N2O4/c1-17(2)12-23-21-10-9-20(29)14-22(21)24(18-6-3-4-7-19(28)13-18)15-31(27(23)35)16-25(32)30-11-5-8-26(33)34/h3-4,6-7,9-10,13-14,17,19,23-24H,5,8,11-12,15-16H2,1-2H3,(H,30,32)(H,33,34). The van der Waals surface area contributed by atoms with Crippen LogP contribution in [0, 0.1) is 5.92 Å². The number of benzene rings is 1. The van der Waals surface area contributed by atoms with E-state index in [4.69, 9.17) is 28.3 Å². The topological polar surface area (TPSA) is 86.7 Å². The summed E-state index contributed by atoms with van der Waals surface area (Å²) in [5.41, 5.74) is 2.87. The fourth-order valence-corrected chi connectivity index (χ4v) is 5.02. The SMILES string of the molecule is CC(C)CC1C(=O)N(CC(=O)NCCCC(=O)O)CC(C2=CC(Cl)C=CC=C2)c2cc(Cl)ccc21. The Balaban J connectivity index is 1.96. The van der Waals surface area contributed by atoms with Gasteiger partial charge >= 0.3 is 5.97 Å². The van der Waals surface area contributed by atoms with Crippen LogP contribution in [0.1, 0.15) is 56.1 Å². The van der Waals surface area contributed by atoms with E-state index in [0.717, 1.165) is 16.7 Å². The van der Waals surface area contributed by atoms with Crippen LogP contribution in [0.25, 0.3) is 0 Å². The molecule has 1 aromatic carbocycles. The van der Waals surface area contributed by atoms with Crippen molar-refractivity contribution in [2.75, 3.05) is 19.6 Å². The average Bonchev–Trinajstić information content (AvgIpc) is 3.06. The molecule has 188 valence electrons. The third kappa shape index (κ3) is 7.45. The number of hydrogen-bond donors (Lipinski definition) is 2. The Bertz CT molecular complexity index is 1050. The molecule has 8 heteroatoms. The van der Waals surface area contributed by atoms with Crippen LogP contribution < -0.4 is 5.32 Å². The molecule has 2 amide bonds. The molecule has 3 rings (SSSR count). The number of carbonyl (C=O) groups is 3. The lowest BCUT2D eigenvalue weighted by atomic mass is 9.82. The molecule has 6 nitrogen and oxygen atoms in total. The van der Waals surface area contributed by atoms with E-state index in [1.165, 1.54) is 0 Å². The molecule has 0 spiro atoms. The number of rotatable bonds is 9. The summed E-state index contributed by atoms with van der Waals surface area (Å²) in [6.45, 7) is 4.60. The number of halogens is 2. The monoisotopic (exact) mass is 518 g/mol. The minimum Gasteiger partial charge on any atom is -0.481 e. The molecule has 3 unspecified atom stereocenters. The van der Waals surface area contributed by atoms with Gasteiger partial charge in [0.25, 0.3) is 0 Å². The number of fused-ring (bicyclic) bond motifs is 1. The predicted molar refractivity (Wildman–Crippen MR) is 139 cm³/mol. The Hall–Kier alpha value is -2.57. The molecule has 2 aliphatic rings. The predicted octanol–water partition coefficient (Wildman–Crippen LogP) is 5.04. The Morgan fingerprint density at radius 2 is 2.00 bits per heavy atom. The summed E-state index contributed by atoms with van der Waals surface area (Å²) in [6.07, 6.45) is 10.6. The van der Waals surface area contributed by atoms with Crippen LogP contribution in [0.4, 0.5) is 0 Å². The third-order valence-corrected chi connectivity index (χ3v) is 6.70. The fourth-order valence-electron chi connectivity index (χ4n) is 4.61. The number of amides is 2. The highest BCUT2D eigenvalue weighted by Crippen LogP contribution is 2.41. The minimum atomic E-state index is -0.908. The molecule has 0 bridgehead atoms. The summed E-state index contributed by atoms with van der Waals surface area (Å²) in [5.74, 6) is -1.64. The van der Waals surface area contributed by atoms with Gasteiger partial charge in [0, 0.05) is 30.5 Å². The summed E-state index contributed by atoms with van der Waals surface area (Å²) in [5, 5.41) is 11.8. The Labute approximate surface area is 216 Å². The van der Waals surface area contributed by atoms with Gasteiger partial charge in [0.15, 0.2) is 0 Å². The van der Waals surface area contributed by atoms with Gasteiger partial charge in [-0.25, -0.2) is 0 Å². The molecule has 1 aromatic rings. The van der Waals surface area contributed by atoms with E-state index in [9.17, 15) is 14.4 Å². The quantitative estimate of drug-likeness (QED) is 0.354. The summed E-state index contributed by atoms with van der Waals surface area (Å²) >= 11 is 12.9. The van der Waals surface area contributed by atoms with E-state index in [2.05, 4.69) is 19.2 Å². The number of nitrogens with one attached hydrogen (secondary N) is 1. The number of carboxylic acid groups (broad SMARTS) is 1. The summed E-state index contributed by atoms with van der Waals surface area (Å²) in [6, 6.07) is 5.67. The largest absolute Gasteiger partial charge is 0.481 e. The molecular weight excluding hydrogens is 487 g/mol. The molecular formula is C27H32Cl2N2O4. The van der Waals surface area contributed by atoms with Gasteiger partial charge in [-0.1, -0.05) is 61.9 Å². The van der Waals surface area contributed by atoms with Crippen molar-refractivity contribution in [3.8, 4) is 0 Å². The van der Waals surface area contributed by atoms with Crippen molar-refractivity contribution in [3.05, 3.63) is 70.3 Å². The van der Waals surface area contributed by atoms with Crippen LogP contribution in [-0.4, -0.2) is 52.8 Å². The van der Waals surface area contributed by atoms with Gasteiger partial charge in [0.05, 0.1) is 17.8 Å². The van der Waals surface area contributed by atoms with Crippen molar-refractivity contribution in [2.24, 2.45) is 5.92 Å². The first-order chi connectivity index (χ1) is 16.7. The van der Waals surface area contributed by atoms with Crippen LogP contribution in [-0.2, 0) is 14.4 Å². The van der Waals surface area contributed by atoms with E-state index < -0.39 is 11.9 Å². The van der Waals surface area contributed by atoms with Gasteiger partial charge in [0.1, 0.15) is 0 Å². The number of aliphatic carboxylic acids is 1. The molecule has 1 aliphatic carbocycles. The number of allylic oxidation sites excluding steroid dienone is 5. The molecule has 0 aromatic heterocycles. The maximum absolute atomic E-state index is 13.8. The van der Waals surface area contributed by atoms with Gasteiger partial charge < -0.3 is 15.3 Å². The second-order valence-electron chi connectivity index (χ2n) is 9.43. The molecule has 35 heavy (non-hydrogen) atoms. The van der Waals surface area contributed by atoms with Crippen molar-refractivity contribution >= 4 is 41.0 Å². The van der Waals surface area contributed by atoms with E-state index in [-0.39, 0.29) is 48.5 Å². The maximum Gasteiger partial charge on any atom is 0.303 e. The lowest BCUT2D eigenvalue weighted by Crippen LogP contribution is -2.43. The lowest BCUT2D eigenvalue weighted by Gasteiger charge is -2.27. The smallest absolute Gasteiger partial charge is 0.303 e. The number of nitrogens with zero attached hydrogens (tertiary/aromatic N) is 1. The number of hydrogen-bond acceptors (Lipinski definition) is 3. The Kier molecular flexibility index (Phi) is 9.58. The van der Waals surface area contributed by atoms with E-state index in [0.29, 0.717) is 24.4 Å². The number of carboxylic acids is 1. The highest BCUT2D eigenvalue weighted by atomic mass is 35.5. The molecule has 0 saturated heterocycles. The van der Waals surface area contributed by atoms with Crippen LogP contribution in [0.5, 0.6) is 0 Å². The van der Waals surface area contributed by atoms with Gasteiger partial charge in [0.2, 0.25) is 11.8 Å². The van der Waals surface area contributed by atoms with Crippen molar-refractivity contribution in [3.63, 3.8) is 0 Å². The van der Waals surface area contributed by atoms with Gasteiger partial charge in [-0.2, -0.15) is 0 Å². The number of alkyl halides is 1. The summed E-state index contributed by atoms with van der Waals surface area (Å²) in [4.78, 5) is 38.9. The molecule has 1 aliphatic heterocycles. The van der Waals surface area contributed by atoms with E-state index >= 15 is 0 Å². The lowest BCUT2D eigenvalue weighted by molar-refractivity contribution is -0.137. The summed E-state index contributed by atoms with van der Waals surface area (Å²) < 4.78 is 0. The Morgan fingerprint density at radius 3 is 2.71 bits per heavy atom. The first-order valence-electron chi connectivity index (χ1n) is 11.9. The van der Waals surface area contributed by atoms with Gasteiger partial charge in [-0.15, -0.1) is 11.6 Å². The van der Waals surface area contributed by atoms with Gasteiger partial charge in [-0.05, 0) is 47.6 Å². The molecule has 0 fully saturated rings. The van der Waals surface area contributed by atoms with E-state index in [1.54, 1.807) is 4.90 Å². The van der Waals surface area contributed by atoms with Crippen molar-refractivity contribution in [1.82, 2.24) is 10.2 Å². The highest BCUT2D eigenvalue weighted by molar-refractivity contribution is 6.30. The molecule has 3 atom stereocenters. The first kappa shape index (κ1) is 27.0. The highest BCUT2D eigenvalue weighted by Gasteiger charge is 2.37. The Morgan fingerprint density at radius 1 is 1.23 bits per heavy atom. The zero-order chi connectivity index (χ0) is 25.5. The zero-order valence-corrected chi connectivity index (χ0v) is 21.6. The van der Waals surface area contributed by atoms with Crippen LogP contribution in [0.15, 0.2) is 54.2 Å². The van der Waals surface area contributed by atoms with Crippen LogP contribution in [0.2, 0.25) is 5.02 Å². The van der Waals surface area contributed by atoms with Crippen LogP contribution >= 0.6 is 23.2 Å². The third-order valence-electron chi connectivity index (χ3n) is 6.19. The minimum absolute atomic E-state index is 0.0222. The van der Waals surface area contributed by atoms with E-state index in [1.807, 2.05) is 48.6 Å². The van der Waals surface area contributed by atoms with Crippen LogP contribution in [0.3, 0.4) is 0 Å². The van der Waals surface area contributed by atoms with Crippen molar-refractivity contribution in [2.45, 2.75) is 50.3 Å². The molecule has 0 radical (unpaired) electrons. The van der Waals surface area contributed by atoms with Gasteiger partial charge in [-0.3, -0.25) is 14.4 Å². The average molecular weight is 519 g/mol. The van der Waals surface area contributed by atoms with Crippen molar-refractivity contribution < 1.29 is 19.5 Å². The second kappa shape index (κ2) is 12.4. The fraction of sp³-hybridized carbons (Fsp3) is 0.444. The normalized spacial score (nSPS) is 21.9. The maximum atomic E-state index is 13.8. The number of carbonyl (C=O) groups excluding carboxylic acids is 2. The first-order valence-corrected chi connectivity index (χ1v) is 12.7. The summed E-state index contributed by atoms with van der Waals surface area (Å²) in [7, 11) is 0. The molecule has 1 heterocycles. The molecule has 2 N–H and O–H groups in total. The molecule has 0 saturated carbocycles. The van der Waals surface area contributed by atoms with Crippen molar-refractivity contribution in [1.29, 1.82) is 0 Å². The second-order valence-corrected chi connectivity index (χ2v) is 10.4.